The third kappa shape index (κ3) is 3.74. The Labute approximate surface area is 197 Å². The molecule has 0 amide bonds. The molecule has 0 atom stereocenters. The van der Waals surface area contributed by atoms with E-state index in [1.165, 1.54) is 42.1 Å². The van der Waals surface area contributed by atoms with Gasteiger partial charge in [0.05, 0.1) is 9.92 Å². The Morgan fingerprint density at radius 3 is 2.61 bits per heavy atom. The maximum Gasteiger partial charge on any atom is 0.271 e. The number of hydrogen-bond donors (Lipinski definition) is 2. The van der Waals surface area contributed by atoms with E-state index in [4.69, 9.17) is 23.2 Å². The van der Waals surface area contributed by atoms with Gasteiger partial charge in [-0.15, -0.1) is 0 Å². The second kappa shape index (κ2) is 7.87. The van der Waals surface area contributed by atoms with Crippen LogP contribution in [0.25, 0.3) is 21.9 Å². The number of halogens is 2. The van der Waals surface area contributed by atoms with Gasteiger partial charge in [-0.3, -0.25) is 9.36 Å². The van der Waals surface area contributed by atoms with Gasteiger partial charge in [0, 0.05) is 46.4 Å². The fourth-order valence-electron chi connectivity index (χ4n) is 3.54. The number of nitrogens with zero attached hydrogens (tertiary/aromatic N) is 3. The molecule has 166 valence electrons. The number of nitrogens with one attached hydrogen (secondary N) is 2. The number of pyridine rings is 1. The topological polar surface area (TPSA) is 110 Å². The highest BCUT2D eigenvalue weighted by Crippen LogP contribution is 2.30. The average molecular weight is 500 g/mol. The molecule has 0 aliphatic rings. The quantitative estimate of drug-likeness (QED) is 0.371. The van der Waals surface area contributed by atoms with Crippen molar-refractivity contribution in [2.75, 3.05) is 5.32 Å². The van der Waals surface area contributed by atoms with E-state index >= 15 is 0 Å². The van der Waals surface area contributed by atoms with Gasteiger partial charge < -0.3 is 10.3 Å². The molecule has 0 saturated carbocycles. The Morgan fingerprint density at radius 1 is 1.00 bits per heavy atom. The lowest BCUT2D eigenvalue weighted by Gasteiger charge is -2.11. The van der Waals surface area contributed by atoms with Crippen molar-refractivity contribution in [3.63, 3.8) is 0 Å². The first-order chi connectivity index (χ1) is 15.7. The summed E-state index contributed by atoms with van der Waals surface area (Å²) in [4.78, 5) is 24.2. The van der Waals surface area contributed by atoms with E-state index in [0.717, 1.165) is 16.6 Å². The smallest absolute Gasteiger partial charge is 0.271 e. The lowest BCUT2D eigenvalue weighted by atomic mass is 10.2. The fourth-order valence-corrected chi connectivity index (χ4v) is 5.70. The number of hydrogen-bond acceptors (Lipinski definition) is 6. The van der Waals surface area contributed by atoms with Gasteiger partial charge in [0.15, 0.2) is 0 Å². The molecule has 0 radical (unpaired) electrons. The van der Waals surface area contributed by atoms with Crippen molar-refractivity contribution in [2.24, 2.45) is 7.05 Å². The molecule has 5 rings (SSSR count). The standard InChI is InChI=1S/C22H15Cl2N5O3S/c1-29-20-13(9-19(21(29)30)33(31,32)18-5-2-14(23)10-16(18)24)11-26-22(28-20)27-15-3-4-17-12(8-15)6-7-25-17/h2-11,25H,1H3,(H,26,27,28). The van der Waals surface area contributed by atoms with Crippen molar-refractivity contribution in [2.45, 2.75) is 9.79 Å². The van der Waals surface area contributed by atoms with E-state index < -0.39 is 20.3 Å². The minimum atomic E-state index is -4.20. The Balaban J connectivity index is 1.58. The second-order valence-electron chi connectivity index (χ2n) is 7.33. The zero-order valence-corrected chi connectivity index (χ0v) is 19.3. The van der Waals surface area contributed by atoms with Gasteiger partial charge in [-0.2, -0.15) is 4.98 Å². The van der Waals surface area contributed by atoms with Gasteiger partial charge in [-0.1, -0.05) is 23.2 Å². The second-order valence-corrected chi connectivity index (χ2v) is 10.1. The van der Waals surface area contributed by atoms with E-state index in [0.29, 0.717) is 5.39 Å². The van der Waals surface area contributed by atoms with Gasteiger partial charge in [0.1, 0.15) is 10.5 Å². The maximum atomic E-state index is 13.2. The molecule has 0 spiro atoms. The highest BCUT2D eigenvalue weighted by Gasteiger charge is 2.26. The van der Waals surface area contributed by atoms with E-state index in [1.807, 2.05) is 30.5 Å². The largest absolute Gasteiger partial charge is 0.361 e. The predicted octanol–water partition coefficient (Wildman–Crippen LogP) is 4.69. The van der Waals surface area contributed by atoms with Gasteiger partial charge >= 0.3 is 0 Å². The number of aromatic nitrogens is 4. The normalized spacial score (nSPS) is 11.8. The highest BCUT2D eigenvalue weighted by molar-refractivity contribution is 7.91. The molecule has 0 aliphatic heterocycles. The Kier molecular flexibility index (Phi) is 5.12. The number of anilines is 2. The van der Waals surface area contributed by atoms with Crippen LogP contribution < -0.4 is 10.9 Å². The molecule has 0 bridgehead atoms. The Morgan fingerprint density at radius 2 is 1.82 bits per heavy atom. The summed E-state index contributed by atoms with van der Waals surface area (Å²) < 4.78 is 27.5. The van der Waals surface area contributed by atoms with Crippen LogP contribution in [0.3, 0.4) is 0 Å². The van der Waals surface area contributed by atoms with Crippen LogP contribution in [-0.2, 0) is 16.9 Å². The summed E-state index contributed by atoms with van der Waals surface area (Å²) in [5, 5.41) is 4.72. The molecule has 11 heteroatoms. The summed E-state index contributed by atoms with van der Waals surface area (Å²) in [6, 6.07) is 12.9. The van der Waals surface area contributed by atoms with Gasteiger partial charge in [0.2, 0.25) is 15.8 Å². The third-order valence-corrected chi connectivity index (χ3v) is 7.66. The van der Waals surface area contributed by atoms with Crippen LogP contribution in [0.2, 0.25) is 10.0 Å². The number of aryl methyl sites for hydroxylation is 1. The first-order valence-corrected chi connectivity index (χ1v) is 11.9. The number of H-pyrrole nitrogens is 1. The van der Waals surface area contributed by atoms with E-state index in [9.17, 15) is 13.2 Å². The van der Waals surface area contributed by atoms with Crippen LogP contribution in [0.1, 0.15) is 0 Å². The molecule has 0 aliphatic carbocycles. The molecule has 3 aromatic heterocycles. The maximum absolute atomic E-state index is 13.2. The SMILES string of the molecule is Cn1c(=O)c(S(=O)(=O)c2ccc(Cl)cc2Cl)cc2cnc(Nc3ccc4[nH]ccc4c3)nc21. The summed E-state index contributed by atoms with van der Waals surface area (Å²) in [6.07, 6.45) is 3.31. The van der Waals surface area contributed by atoms with Gasteiger partial charge in [-0.25, -0.2) is 13.4 Å². The van der Waals surface area contributed by atoms with Crippen LogP contribution in [0.15, 0.2) is 75.5 Å². The minimum absolute atomic E-state index is 0.0696. The Hall–Kier alpha value is -3.40. The Bertz CT molecular complexity index is 1730. The molecule has 0 unspecified atom stereocenters. The molecular weight excluding hydrogens is 485 g/mol. The number of rotatable bonds is 4. The van der Waals surface area contributed by atoms with Crippen LogP contribution in [0.4, 0.5) is 11.6 Å². The lowest BCUT2D eigenvalue weighted by Crippen LogP contribution is -2.25. The lowest BCUT2D eigenvalue weighted by molar-refractivity contribution is 0.593. The van der Waals surface area contributed by atoms with Crippen molar-refractivity contribution in [3.8, 4) is 0 Å². The molecule has 3 heterocycles. The van der Waals surface area contributed by atoms with Crippen molar-refractivity contribution in [1.29, 1.82) is 0 Å². The number of aromatic amines is 1. The van der Waals surface area contributed by atoms with Gasteiger partial charge in [0.25, 0.3) is 5.56 Å². The van der Waals surface area contributed by atoms with Crippen molar-refractivity contribution in [3.05, 3.63) is 81.3 Å². The molecular formula is C22H15Cl2N5O3S. The first kappa shape index (κ1) is 21.4. The predicted molar refractivity (Wildman–Crippen MR) is 128 cm³/mol. The molecule has 0 fully saturated rings. The highest BCUT2D eigenvalue weighted by atomic mass is 35.5. The zero-order valence-electron chi connectivity index (χ0n) is 17.0. The molecule has 5 aromatic rings. The zero-order chi connectivity index (χ0) is 23.3. The van der Waals surface area contributed by atoms with E-state index in [2.05, 4.69) is 20.3 Å². The summed E-state index contributed by atoms with van der Waals surface area (Å²) >= 11 is 12.0. The van der Waals surface area contributed by atoms with Crippen molar-refractivity contribution >= 4 is 66.6 Å². The molecule has 33 heavy (non-hydrogen) atoms. The molecule has 2 aromatic carbocycles. The van der Waals surface area contributed by atoms with Crippen molar-refractivity contribution < 1.29 is 8.42 Å². The summed E-state index contributed by atoms with van der Waals surface area (Å²) in [7, 11) is -2.75. The average Bonchev–Trinajstić information content (AvgIpc) is 3.24. The third-order valence-electron chi connectivity index (χ3n) is 5.20. The van der Waals surface area contributed by atoms with Crippen LogP contribution in [0, 0.1) is 0 Å². The monoisotopic (exact) mass is 499 g/mol. The fraction of sp³-hybridized carbons (Fsp3) is 0.0455. The number of benzene rings is 2. The van der Waals surface area contributed by atoms with Crippen LogP contribution >= 0.6 is 23.2 Å². The molecule has 8 nitrogen and oxygen atoms in total. The molecule has 2 N–H and O–H groups in total. The van der Waals surface area contributed by atoms with Crippen LogP contribution in [0.5, 0.6) is 0 Å². The van der Waals surface area contributed by atoms with E-state index in [1.54, 1.807) is 0 Å². The van der Waals surface area contributed by atoms with Gasteiger partial charge in [-0.05, 0) is 48.5 Å². The summed E-state index contributed by atoms with van der Waals surface area (Å²) in [6.45, 7) is 0. The summed E-state index contributed by atoms with van der Waals surface area (Å²) in [5.41, 5.74) is 1.31. The summed E-state index contributed by atoms with van der Waals surface area (Å²) in [5.74, 6) is 0.267. The number of fused-ring (bicyclic) bond motifs is 2. The van der Waals surface area contributed by atoms with Crippen LogP contribution in [-0.4, -0.2) is 27.9 Å². The van der Waals surface area contributed by atoms with Crippen molar-refractivity contribution in [1.82, 2.24) is 19.5 Å². The first-order valence-electron chi connectivity index (χ1n) is 9.65. The number of sulfone groups is 1. The van der Waals surface area contributed by atoms with E-state index in [-0.39, 0.29) is 26.5 Å². The minimum Gasteiger partial charge on any atom is -0.361 e. The molecule has 0 saturated heterocycles.